The number of alkyl halides is 3. The van der Waals surface area contributed by atoms with Crippen LogP contribution in [0, 0.1) is 0 Å². The molecule has 0 heterocycles. The molecule has 1 fully saturated rings. The summed E-state index contributed by atoms with van der Waals surface area (Å²) in [6.07, 6.45) is -4.15. The van der Waals surface area contributed by atoms with E-state index in [0.717, 1.165) is 18.6 Å². The van der Waals surface area contributed by atoms with E-state index in [2.05, 4.69) is 5.32 Å². The fourth-order valence-electron chi connectivity index (χ4n) is 2.65. The van der Waals surface area contributed by atoms with Gasteiger partial charge < -0.3 is 15.2 Å². The summed E-state index contributed by atoms with van der Waals surface area (Å²) < 4.78 is 44.0. The van der Waals surface area contributed by atoms with Crippen LogP contribution in [0.5, 0.6) is 5.75 Å². The van der Waals surface area contributed by atoms with Crippen molar-refractivity contribution in [1.82, 2.24) is 5.32 Å². The van der Waals surface area contributed by atoms with Crippen LogP contribution in [0.4, 0.5) is 13.2 Å². The Morgan fingerprint density at radius 2 is 1.96 bits per heavy atom. The molecule has 1 saturated carbocycles. The average Bonchev–Trinajstić information content (AvgIpc) is 2.43. The molecule has 1 aliphatic rings. The molecule has 0 saturated heterocycles. The van der Waals surface area contributed by atoms with E-state index in [9.17, 15) is 22.8 Å². The maximum atomic E-state index is 12.9. The van der Waals surface area contributed by atoms with Crippen LogP contribution in [-0.4, -0.2) is 28.6 Å². The number of para-hydroxylation sites is 1. The number of hydrogen-bond donors (Lipinski definition) is 2. The number of carboxylic acid groups (broad SMARTS) is 1. The van der Waals surface area contributed by atoms with E-state index >= 15 is 0 Å². The smallest absolute Gasteiger partial charge is 0.419 e. The second-order valence-electron chi connectivity index (χ2n) is 5.95. The van der Waals surface area contributed by atoms with E-state index in [1.54, 1.807) is 0 Å². The van der Waals surface area contributed by atoms with Gasteiger partial charge in [0.25, 0.3) is 5.91 Å². The molecule has 0 bridgehead atoms. The molecule has 0 spiro atoms. The zero-order valence-electron chi connectivity index (χ0n) is 13.0. The Morgan fingerprint density at radius 3 is 2.46 bits per heavy atom. The molecule has 0 aromatic heterocycles. The summed E-state index contributed by atoms with van der Waals surface area (Å²) in [5.41, 5.74) is -1.79. The number of benzene rings is 1. The molecule has 1 unspecified atom stereocenters. The number of carboxylic acids is 1. The number of aliphatic carboxylic acids is 1. The number of carbonyl (C=O) groups is 2. The lowest BCUT2D eigenvalue weighted by Crippen LogP contribution is -2.57. The largest absolute Gasteiger partial charge is 0.481 e. The lowest BCUT2D eigenvalue weighted by Gasteiger charge is -2.42. The lowest BCUT2D eigenvalue weighted by molar-refractivity contribution is -0.143. The number of halogens is 3. The summed E-state index contributed by atoms with van der Waals surface area (Å²) in [4.78, 5) is 23.1. The summed E-state index contributed by atoms with van der Waals surface area (Å²) >= 11 is 0. The van der Waals surface area contributed by atoms with E-state index in [-0.39, 0.29) is 6.42 Å². The van der Waals surface area contributed by atoms with Gasteiger partial charge in [0.15, 0.2) is 6.10 Å². The van der Waals surface area contributed by atoms with Crippen LogP contribution < -0.4 is 10.1 Å². The van der Waals surface area contributed by atoms with E-state index in [1.807, 2.05) is 0 Å². The number of amides is 1. The highest BCUT2D eigenvalue weighted by molar-refractivity contribution is 5.82. The maximum Gasteiger partial charge on any atom is 0.419 e. The van der Waals surface area contributed by atoms with Gasteiger partial charge in [-0.3, -0.25) is 9.59 Å². The van der Waals surface area contributed by atoms with Crippen LogP contribution in [0.3, 0.4) is 0 Å². The molecular formula is C16H18F3NO4. The molecule has 24 heavy (non-hydrogen) atoms. The first-order valence-electron chi connectivity index (χ1n) is 7.50. The van der Waals surface area contributed by atoms with Gasteiger partial charge in [0.05, 0.1) is 17.5 Å². The molecule has 132 valence electrons. The predicted octanol–water partition coefficient (Wildman–Crippen LogP) is 2.99. The van der Waals surface area contributed by atoms with Crippen molar-refractivity contribution in [1.29, 1.82) is 0 Å². The van der Waals surface area contributed by atoms with Gasteiger partial charge >= 0.3 is 12.1 Å². The Bertz CT molecular complexity index is 626. The molecule has 8 heteroatoms. The number of nitrogens with one attached hydrogen (secondary N) is 1. The Balaban J connectivity index is 2.06. The molecule has 1 aromatic carbocycles. The van der Waals surface area contributed by atoms with Gasteiger partial charge in [0, 0.05) is 0 Å². The Kier molecular flexibility index (Phi) is 5.05. The third kappa shape index (κ3) is 4.18. The standard InChI is InChI=1S/C16H18F3NO4/c1-10(14(23)20-15(7-4-8-15)9-13(21)22)24-12-6-3-2-5-11(12)16(17,18)19/h2-3,5-6,10H,4,7-9H2,1H3,(H,20,23)(H,21,22). The fourth-order valence-corrected chi connectivity index (χ4v) is 2.65. The number of carbonyl (C=O) groups excluding carboxylic acids is 1. The average molecular weight is 345 g/mol. The van der Waals surface area contributed by atoms with Crippen molar-refractivity contribution in [3.8, 4) is 5.75 Å². The highest BCUT2D eigenvalue weighted by atomic mass is 19.4. The van der Waals surface area contributed by atoms with Crippen molar-refractivity contribution in [2.75, 3.05) is 0 Å². The van der Waals surface area contributed by atoms with E-state index in [4.69, 9.17) is 9.84 Å². The van der Waals surface area contributed by atoms with Crippen molar-refractivity contribution in [2.45, 2.75) is 50.4 Å². The van der Waals surface area contributed by atoms with Crippen LogP contribution in [0.25, 0.3) is 0 Å². The minimum absolute atomic E-state index is 0.218. The van der Waals surface area contributed by atoms with Crippen molar-refractivity contribution in [2.24, 2.45) is 0 Å². The summed E-state index contributed by atoms with van der Waals surface area (Å²) in [7, 11) is 0. The maximum absolute atomic E-state index is 12.9. The van der Waals surface area contributed by atoms with Gasteiger partial charge in [-0.15, -0.1) is 0 Å². The summed E-state index contributed by atoms with van der Waals surface area (Å²) in [6, 6.07) is 4.63. The van der Waals surface area contributed by atoms with Crippen LogP contribution in [0.2, 0.25) is 0 Å². The van der Waals surface area contributed by atoms with Crippen molar-refractivity contribution in [3.63, 3.8) is 0 Å². The Morgan fingerprint density at radius 1 is 1.33 bits per heavy atom. The molecule has 0 radical (unpaired) electrons. The van der Waals surface area contributed by atoms with E-state index < -0.39 is 41.0 Å². The first-order chi connectivity index (χ1) is 11.1. The second-order valence-corrected chi connectivity index (χ2v) is 5.95. The third-order valence-electron chi connectivity index (χ3n) is 4.05. The molecular weight excluding hydrogens is 327 g/mol. The van der Waals surface area contributed by atoms with Crippen LogP contribution in [-0.2, 0) is 15.8 Å². The van der Waals surface area contributed by atoms with Crippen molar-refractivity contribution < 1.29 is 32.6 Å². The van der Waals surface area contributed by atoms with Gasteiger partial charge in [0.2, 0.25) is 0 Å². The minimum Gasteiger partial charge on any atom is -0.481 e. The zero-order chi connectivity index (χ0) is 18.0. The minimum atomic E-state index is -4.59. The molecule has 5 nitrogen and oxygen atoms in total. The number of rotatable bonds is 6. The van der Waals surface area contributed by atoms with Gasteiger partial charge in [-0.05, 0) is 38.3 Å². The second kappa shape index (κ2) is 6.70. The predicted molar refractivity (Wildman–Crippen MR) is 78.5 cm³/mol. The highest BCUT2D eigenvalue weighted by Gasteiger charge is 2.41. The first kappa shape index (κ1) is 18.1. The SMILES string of the molecule is CC(Oc1ccccc1C(F)(F)F)C(=O)NC1(CC(=O)O)CCC1. The third-order valence-corrected chi connectivity index (χ3v) is 4.05. The number of hydrogen-bond acceptors (Lipinski definition) is 3. The summed E-state index contributed by atoms with van der Waals surface area (Å²) in [5.74, 6) is -2.10. The number of ether oxygens (including phenoxy) is 1. The van der Waals surface area contributed by atoms with Crippen LogP contribution >= 0.6 is 0 Å². The first-order valence-corrected chi connectivity index (χ1v) is 7.50. The Hall–Kier alpha value is -2.25. The molecule has 0 aliphatic heterocycles. The van der Waals surface area contributed by atoms with Gasteiger partial charge in [-0.1, -0.05) is 12.1 Å². The highest BCUT2D eigenvalue weighted by Crippen LogP contribution is 2.37. The molecule has 1 atom stereocenters. The van der Waals surface area contributed by atoms with Crippen molar-refractivity contribution in [3.05, 3.63) is 29.8 Å². The quantitative estimate of drug-likeness (QED) is 0.831. The monoisotopic (exact) mass is 345 g/mol. The van der Waals surface area contributed by atoms with Crippen LogP contribution in [0.15, 0.2) is 24.3 Å². The molecule has 1 aromatic rings. The molecule has 1 aliphatic carbocycles. The molecule has 2 N–H and O–H groups in total. The van der Waals surface area contributed by atoms with E-state index in [1.165, 1.54) is 19.1 Å². The molecule has 2 rings (SSSR count). The zero-order valence-corrected chi connectivity index (χ0v) is 13.0. The van der Waals surface area contributed by atoms with Crippen LogP contribution in [0.1, 0.15) is 38.2 Å². The fraction of sp³-hybridized carbons (Fsp3) is 0.500. The topological polar surface area (TPSA) is 75.6 Å². The molecule has 1 amide bonds. The van der Waals surface area contributed by atoms with Crippen molar-refractivity contribution >= 4 is 11.9 Å². The van der Waals surface area contributed by atoms with E-state index in [0.29, 0.717) is 12.8 Å². The Labute approximate surface area is 136 Å². The summed E-state index contributed by atoms with van der Waals surface area (Å²) in [5, 5.41) is 11.5. The van der Waals surface area contributed by atoms with Gasteiger partial charge in [-0.2, -0.15) is 13.2 Å². The van der Waals surface area contributed by atoms with Gasteiger partial charge in [0.1, 0.15) is 5.75 Å². The van der Waals surface area contributed by atoms with Gasteiger partial charge in [-0.25, -0.2) is 0 Å². The lowest BCUT2D eigenvalue weighted by atomic mass is 9.74. The summed E-state index contributed by atoms with van der Waals surface area (Å²) in [6.45, 7) is 1.33. The normalized spacial score (nSPS) is 17.5.